The van der Waals surface area contributed by atoms with Crippen LogP contribution in [0.25, 0.3) is 5.70 Å². The van der Waals surface area contributed by atoms with E-state index in [1.165, 1.54) is 6.08 Å². The summed E-state index contributed by atoms with van der Waals surface area (Å²) in [6, 6.07) is 2.59. The number of nitrogens with zero attached hydrogens (tertiary/aromatic N) is 1. The van der Waals surface area contributed by atoms with Crippen molar-refractivity contribution in [2.24, 2.45) is 17.4 Å². The molecule has 0 amide bonds. The van der Waals surface area contributed by atoms with Crippen LogP contribution in [0.3, 0.4) is 0 Å². The second-order valence-corrected chi connectivity index (χ2v) is 7.08. The van der Waals surface area contributed by atoms with Crippen LogP contribution in [0.1, 0.15) is 30.9 Å². The van der Waals surface area contributed by atoms with E-state index in [2.05, 4.69) is 4.90 Å². The molecule has 0 aromatic heterocycles. The molecule has 2 atom stereocenters. The number of aliphatic hydroxyl groups is 1. The standard InChI is InChI=1S/C19H26F3N3O2/c1-11(17(24)18(27)12-4-3-7-25(2)10-12)8-15(23)14-6-5-13(9-16(14)26)19(20,21)22/h5-6,8-9,12,18,26-27H,3-4,7,10,23-24H2,1-2H3/b15-8-,17-11-. The van der Waals surface area contributed by atoms with Gasteiger partial charge in [0, 0.05) is 29.4 Å². The quantitative estimate of drug-likeness (QED) is 0.598. The maximum atomic E-state index is 12.7. The Morgan fingerprint density at radius 1 is 1.33 bits per heavy atom. The highest BCUT2D eigenvalue weighted by Gasteiger charge is 2.31. The molecule has 1 aliphatic heterocycles. The van der Waals surface area contributed by atoms with Crippen LogP contribution in [0.15, 0.2) is 35.5 Å². The highest BCUT2D eigenvalue weighted by Crippen LogP contribution is 2.34. The molecule has 0 spiro atoms. The van der Waals surface area contributed by atoms with Crippen LogP contribution in [-0.2, 0) is 6.18 Å². The molecule has 1 heterocycles. The number of halogens is 3. The maximum absolute atomic E-state index is 12.7. The minimum absolute atomic E-state index is 0.00722. The zero-order valence-corrected chi connectivity index (χ0v) is 15.4. The first-order valence-electron chi connectivity index (χ1n) is 8.71. The van der Waals surface area contributed by atoms with Crippen LogP contribution in [0.5, 0.6) is 5.75 Å². The average molecular weight is 385 g/mol. The molecule has 0 bridgehead atoms. The van der Waals surface area contributed by atoms with Crippen LogP contribution >= 0.6 is 0 Å². The lowest BCUT2D eigenvalue weighted by atomic mass is 9.89. The molecule has 8 heteroatoms. The minimum Gasteiger partial charge on any atom is -0.507 e. The van der Waals surface area contributed by atoms with Crippen molar-refractivity contribution in [3.8, 4) is 5.75 Å². The predicted octanol–water partition coefficient (Wildman–Crippen LogP) is 2.65. The summed E-state index contributed by atoms with van der Waals surface area (Å²) in [4.78, 5) is 2.13. The fraction of sp³-hybridized carbons (Fsp3) is 0.474. The summed E-state index contributed by atoms with van der Waals surface area (Å²) in [5, 5.41) is 20.4. The predicted molar refractivity (Wildman–Crippen MR) is 98.4 cm³/mol. The number of phenols is 1. The van der Waals surface area contributed by atoms with E-state index in [0.29, 0.717) is 11.6 Å². The monoisotopic (exact) mass is 385 g/mol. The molecule has 0 saturated carbocycles. The molecule has 2 rings (SSSR count). The highest BCUT2D eigenvalue weighted by atomic mass is 19.4. The van der Waals surface area contributed by atoms with Gasteiger partial charge in [0.25, 0.3) is 0 Å². The molecule has 150 valence electrons. The lowest BCUT2D eigenvalue weighted by Crippen LogP contribution is -2.40. The Morgan fingerprint density at radius 3 is 2.56 bits per heavy atom. The number of hydrogen-bond donors (Lipinski definition) is 4. The number of piperidine rings is 1. The molecular weight excluding hydrogens is 359 g/mol. The van der Waals surface area contributed by atoms with Gasteiger partial charge in [-0.05, 0) is 63.2 Å². The molecular formula is C19H26F3N3O2. The Morgan fingerprint density at radius 2 is 2.00 bits per heavy atom. The van der Waals surface area contributed by atoms with Crippen LogP contribution < -0.4 is 11.5 Å². The fourth-order valence-electron chi connectivity index (χ4n) is 3.30. The van der Waals surface area contributed by atoms with Gasteiger partial charge in [-0.3, -0.25) is 0 Å². The number of nitrogens with two attached hydrogens (primary N) is 2. The number of aromatic hydroxyl groups is 1. The van der Waals surface area contributed by atoms with E-state index in [0.717, 1.165) is 38.1 Å². The fourth-order valence-corrected chi connectivity index (χ4v) is 3.30. The normalized spacial score (nSPS) is 21.7. The Labute approximate surface area is 156 Å². The van der Waals surface area contributed by atoms with Crippen molar-refractivity contribution < 1.29 is 23.4 Å². The van der Waals surface area contributed by atoms with Crippen molar-refractivity contribution in [2.75, 3.05) is 20.1 Å². The lowest BCUT2D eigenvalue weighted by Gasteiger charge is -2.33. The van der Waals surface area contributed by atoms with E-state index in [-0.39, 0.29) is 22.9 Å². The molecule has 1 saturated heterocycles. The Bertz CT molecular complexity index is 744. The van der Waals surface area contributed by atoms with Gasteiger partial charge in [0.15, 0.2) is 0 Å². The Kier molecular flexibility index (Phi) is 6.43. The van der Waals surface area contributed by atoms with E-state index in [1.807, 2.05) is 7.05 Å². The van der Waals surface area contributed by atoms with Crippen molar-refractivity contribution in [3.05, 3.63) is 46.7 Å². The van der Waals surface area contributed by atoms with E-state index in [4.69, 9.17) is 11.5 Å². The van der Waals surface area contributed by atoms with Gasteiger partial charge >= 0.3 is 6.18 Å². The van der Waals surface area contributed by atoms with Gasteiger partial charge in [-0.25, -0.2) is 0 Å². The summed E-state index contributed by atoms with van der Waals surface area (Å²) in [5.74, 6) is -0.563. The molecule has 5 nitrogen and oxygen atoms in total. The van der Waals surface area contributed by atoms with Crippen molar-refractivity contribution in [2.45, 2.75) is 32.0 Å². The minimum atomic E-state index is -4.55. The largest absolute Gasteiger partial charge is 0.507 e. The van der Waals surface area contributed by atoms with Crippen LogP contribution in [0, 0.1) is 5.92 Å². The van der Waals surface area contributed by atoms with Gasteiger partial charge in [0.1, 0.15) is 5.75 Å². The van der Waals surface area contributed by atoms with E-state index in [1.54, 1.807) is 6.92 Å². The van der Waals surface area contributed by atoms with Gasteiger partial charge in [0.05, 0.1) is 11.7 Å². The third kappa shape index (κ3) is 5.17. The van der Waals surface area contributed by atoms with Crippen molar-refractivity contribution in [3.63, 3.8) is 0 Å². The first kappa shape index (κ1) is 21.1. The van der Waals surface area contributed by atoms with Crippen molar-refractivity contribution >= 4 is 5.70 Å². The van der Waals surface area contributed by atoms with Crippen molar-refractivity contribution in [1.82, 2.24) is 4.90 Å². The van der Waals surface area contributed by atoms with Gasteiger partial charge in [-0.1, -0.05) is 0 Å². The van der Waals surface area contributed by atoms with E-state index < -0.39 is 23.6 Å². The van der Waals surface area contributed by atoms with Gasteiger partial charge in [-0.2, -0.15) is 13.2 Å². The zero-order chi connectivity index (χ0) is 20.4. The number of aliphatic hydroxyl groups excluding tert-OH is 1. The number of likely N-dealkylation sites (tertiary alicyclic amines) is 1. The third-order valence-electron chi connectivity index (χ3n) is 4.89. The first-order valence-corrected chi connectivity index (χ1v) is 8.71. The first-order chi connectivity index (χ1) is 12.5. The molecule has 27 heavy (non-hydrogen) atoms. The van der Waals surface area contributed by atoms with Gasteiger partial charge < -0.3 is 26.6 Å². The van der Waals surface area contributed by atoms with Crippen LogP contribution in [0.4, 0.5) is 13.2 Å². The number of phenolic OH excluding ortho intramolecular Hbond substituents is 1. The summed E-state index contributed by atoms with van der Waals surface area (Å²) >= 11 is 0. The van der Waals surface area contributed by atoms with E-state index >= 15 is 0 Å². The molecule has 1 aromatic carbocycles. The number of allylic oxidation sites excluding steroid dienone is 2. The summed E-state index contributed by atoms with van der Waals surface area (Å²) in [5.41, 5.74) is 12.0. The number of alkyl halides is 3. The second-order valence-electron chi connectivity index (χ2n) is 7.08. The van der Waals surface area contributed by atoms with Gasteiger partial charge in [0.2, 0.25) is 0 Å². The third-order valence-corrected chi connectivity index (χ3v) is 4.89. The molecule has 1 aliphatic rings. The van der Waals surface area contributed by atoms with E-state index in [9.17, 15) is 23.4 Å². The Balaban J connectivity index is 2.24. The molecule has 0 aliphatic carbocycles. The highest BCUT2D eigenvalue weighted by molar-refractivity contribution is 5.70. The molecule has 6 N–H and O–H groups in total. The SMILES string of the molecule is CC(/C=C(\N)c1ccc(C(F)(F)F)cc1O)=C(/N)C(O)C1CCCN(C)C1. The zero-order valence-electron chi connectivity index (χ0n) is 15.4. The smallest absolute Gasteiger partial charge is 0.416 e. The number of rotatable bonds is 4. The lowest BCUT2D eigenvalue weighted by molar-refractivity contribution is -0.137. The Hall–Kier alpha value is -2.19. The number of benzene rings is 1. The molecule has 1 aromatic rings. The summed E-state index contributed by atoms with van der Waals surface area (Å²) in [6.45, 7) is 3.37. The summed E-state index contributed by atoms with van der Waals surface area (Å²) < 4.78 is 38.1. The van der Waals surface area contributed by atoms with Gasteiger partial charge in [-0.15, -0.1) is 0 Å². The maximum Gasteiger partial charge on any atom is 0.416 e. The average Bonchev–Trinajstić information content (AvgIpc) is 2.59. The molecule has 2 unspecified atom stereocenters. The number of hydrogen-bond acceptors (Lipinski definition) is 5. The summed E-state index contributed by atoms with van der Waals surface area (Å²) in [7, 11) is 1.98. The summed E-state index contributed by atoms with van der Waals surface area (Å²) in [6.07, 6.45) is -2.10. The van der Waals surface area contributed by atoms with Crippen LogP contribution in [-0.4, -0.2) is 41.4 Å². The van der Waals surface area contributed by atoms with Crippen LogP contribution in [0.2, 0.25) is 0 Å². The molecule has 0 radical (unpaired) electrons. The second kappa shape index (κ2) is 8.22. The topological polar surface area (TPSA) is 95.7 Å². The molecule has 1 fully saturated rings. The van der Waals surface area contributed by atoms with Crippen molar-refractivity contribution in [1.29, 1.82) is 0 Å².